The molecular weight excluding hydrogens is 348 g/mol. The van der Waals surface area contributed by atoms with Crippen molar-refractivity contribution in [3.8, 4) is 23.2 Å². The van der Waals surface area contributed by atoms with Crippen LogP contribution in [-0.2, 0) is 0 Å². The number of hydrogen-bond acceptors (Lipinski definition) is 4. The van der Waals surface area contributed by atoms with Crippen molar-refractivity contribution >= 4 is 10.8 Å². The van der Waals surface area contributed by atoms with Gasteiger partial charge in [-0.05, 0) is 21.9 Å². The van der Waals surface area contributed by atoms with Crippen LogP contribution in [0.3, 0.4) is 0 Å². The monoisotopic (exact) mass is 364 g/mol. The van der Waals surface area contributed by atoms with Gasteiger partial charge in [0.25, 0.3) is 0 Å². The first-order valence-corrected chi connectivity index (χ1v) is 8.96. The Morgan fingerprint density at radius 2 is 1.71 bits per heavy atom. The van der Waals surface area contributed by atoms with Crippen LogP contribution in [0.4, 0.5) is 0 Å². The zero-order valence-corrected chi connectivity index (χ0v) is 14.9. The van der Waals surface area contributed by atoms with Crippen molar-refractivity contribution in [2.24, 2.45) is 5.73 Å². The van der Waals surface area contributed by atoms with Crippen LogP contribution >= 0.6 is 0 Å². The van der Waals surface area contributed by atoms with Crippen molar-refractivity contribution in [2.75, 3.05) is 0 Å². The van der Waals surface area contributed by atoms with E-state index in [2.05, 4.69) is 40.5 Å². The van der Waals surface area contributed by atoms with Crippen molar-refractivity contribution < 1.29 is 4.74 Å². The fourth-order valence-electron chi connectivity index (χ4n) is 3.79. The Morgan fingerprint density at radius 1 is 0.964 bits per heavy atom. The van der Waals surface area contributed by atoms with Crippen molar-refractivity contribution in [2.45, 2.75) is 5.92 Å². The summed E-state index contributed by atoms with van der Waals surface area (Å²) in [7, 11) is 0. The molecule has 0 spiro atoms. The average Bonchev–Trinajstić information content (AvgIpc) is 3.16. The molecule has 4 aromatic rings. The maximum absolute atomic E-state index is 9.83. The first kappa shape index (κ1) is 16.2. The SMILES string of the molecule is N#CC1=C(N)Oc2n[nH]c(-c3ccccc3)c2C1c1ccc2ccccc2c1. The topological polar surface area (TPSA) is 87.7 Å². The minimum atomic E-state index is -0.354. The average molecular weight is 364 g/mol. The molecule has 28 heavy (non-hydrogen) atoms. The van der Waals surface area contributed by atoms with Crippen LogP contribution in [0.5, 0.6) is 5.88 Å². The minimum absolute atomic E-state index is 0.0965. The number of benzene rings is 3. The molecule has 1 aliphatic rings. The van der Waals surface area contributed by atoms with Gasteiger partial charge in [-0.15, -0.1) is 5.10 Å². The quantitative estimate of drug-likeness (QED) is 0.550. The highest BCUT2D eigenvalue weighted by Gasteiger charge is 2.35. The highest BCUT2D eigenvalue weighted by atomic mass is 16.5. The van der Waals surface area contributed by atoms with Gasteiger partial charge in [-0.1, -0.05) is 72.8 Å². The summed E-state index contributed by atoms with van der Waals surface area (Å²) in [6.07, 6.45) is 0. The van der Waals surface area contributed by atoms with Crippen molar-refractivity contribution in [3.63, 3.8) is 0 Å². The Bertz CT molecular complexity index is 1260. The maximum Gasteiger partial charge on any atom is 0.244 e. The number of allylic oxidation sites excluding steroid dienone is 1. The number of ether oxygens (including phenoxy) is 1. The second kappa shape index (κ2) is 6.29. The summed E-state index contributed by atoms with van der Waals surface area (Å²) in [6, 6.07) is 26.5. The molecule has 0 radical (unpaired) electrons. The van der Waals surface area contributed by atoms with E-state index in [0.29, 0.717) is 11.5 Å². The summed E-state index contributed by atoms with van der Waals surface area (Å²) in [5.41, 5.74) is 10.1. The highest BCUT2D eigenvalue weighted by molar-refractivity contribution is 5.84. The van der Waals surface area contributed by atoms with E-state index >= 15 is 0 Å². The molecule has 0 saturated carbocycles. The van der Waals surface area contributed by atoms with E-state index in [1.54, 1.807) is 0 Å². The van der Waals surface area contributed by atoms with Crippen LogP contribution in [-0.4, -0.2) is 10.2 Å². The third kappa shape index (κ3) is 2.43. The number of nitrogens with zero attached hydrogens (tertiary/aromatic N) is 2. The maximum atomic E-state index is 9.83. The molecule has 3 N–H and O–H groups in total. The predicted octanol–water partition coefficient (Wildman–Crippen LogP) is 4.45. The zero-order chi connectivity index (χ0) is 19.1. The molecule has 0 saturated heterocycles. The molecule has 0 bridgehead atoms. The lowest BCUT2D eigenvalue weighted by Gasteiger charge is -2.24. The fraction of sp³-hybridized carbons (Fsp3) is 0.0435. The van der Waals surface area contributed by atoms with Crippen molar-refractivity contribution in [3.05, 3.63) is 95.4 Å². The molecule has 0 fully saturated rings. The minimum Gasteiger partial charge on any atom is -0.420 e. The number of aromatic nitrogens is 2. The van der Waals surface area contributed by atoms with E-state index in [1.807, 2.05) is 48.5 Å². The first-order valence-electron chi connectivity index (χ1n) is 8.96. The van der Waals surface area contributed by atoms with Gasteiger partial charge in [0.1, 0.15) is 11.6 Å². The number of hydrogen-bond donors (Lipinski definition) is 2. The van der Waals surface area contributed by atoms with Crippen molar-refractivity contribution in [1.82, 2.24) is 10.2 Å². The summed E-state index contributed by atoms with van der Waals surface area (Å²) in [5.74, 6) is 0.153. The van der Waals surface area contributed by atoms with Crippen LogP contribution in [0.1, 0.15) is 17.0 Å². The van der Waals surface area contributed by atoms with Crippen LogP contribution < -0.4 is 10.5 Å². The van der Waals surface area contributed by atoms with Crippen LogP contribution in [0.2, 0.25) is 0 Å². The Morgan fingerprint density at radius 3 is 2.50 bits per heavy atom. The number of nitrogens with two attached hydrogens (primary N) is 1. The summed E-state index contributed by atoms with van der Waals surface area (Å²) < 4.78 is 5.67. The molecule has 1 atom stereocenters. The van der Waals surface area contributed by atoms with Gasteiger partial charge >= 0.3 is 0 Å². The Hall–Kier alpha value is -4.04. The molecule has 3 aromatic carbocycles. The van der Waals surface area contributed by atoms with E-state index in [4.69, 9.17) is 10.5 Å². The molecule has 1 unspecified atom stereocenters. The number of fused-ring (bicyclic) bond motifs is 2. The summed E-state index contributed by atoms with van der Waals surface area (Å²) in [4.78, 5) is 0. The molecular formula is C23H16N4O. The second-order valence-electron chi connectivity index (χ2n) is 6.71. The summed E-state index contributed by atoms with van der Waals surface area (Å²) in [6.45, 7) is 0. The number of rotatable bonds is 2. The number of nitriles is 1. The molecule has 0 amide bonds. The molecule has 5 rings (SSSR count). The Labute approximate surface area is 161 Å². The summed E-state index contributed by atoms with van der Waals surface area (Å²) >= 11 is 0. The molecule has 5 nitrogen and oxygen atoms in total. The van der Waals surface area contributed by atoms with Gasteiger partial charge in [-0.25, -0.2) is 0 Å². The van der Waals surface area contributed by atoms with E-state index < -0.39 is 0 Å². The lowest BCUT2D eigenvalue weighted by Crippen LogP contribution is -2.21. The van der Waals surface area contributed by atoms with Crippen LogP contribution in [0, 0.1) is 11.3 Å². The van der Waals surface area contributed by atoms with Gasteiger partial charge in [-0.2, -0.15) is 5.26 Å². The third-order valence-corrected chi connectivity index (χ3v) is 5.11. The zero-order valence-electron chi connectivity index (χ0n) is 14.9. The van der Waals surface area contributed by atoms with E-state index in [0.717, 1.165) is 33.2 Å². The molecule has 1 aromatic heterocycles. The standard InChI is InChI=1S/C23H16N4O/c24-13-18-19(17-11-10-14-6-4-5-9-16(14)12-17)20-21(15-7-2-1-3-8-15)26-27-23(20)28-22(18)25/h1-12,19H,25H2,(H,26,27). The molecule has 0 aliphatic carbocycles. The largest absolute Gasteiger partial charge is 0.420 e. The molecule has 134 valence electrons. The van der Waals surface area contributed by atoms with Gasteiger partial charge in [-0.3, -0.25) is 5.10 Å². The van der Waals surface area contributed by atoms with Gasteiger partial charge in [0.2, 0.25) is 11.8 Å². The molecule has 5 heteroatoms. The Kier molecular flexibility index (Phi) is 3.63. The third-order valence-electron chi connectivity index (χ3n) is 5.11. The molecule has 1 aliphatic heterocycles. The number of H-pyrrole nitrogens is 1. The Balaban J connectivity index is 1.76. The van der Waals surface area contributed by atoms with Gasteiger partial charge in [0.05, 0.1) is 17.2 Å². The highest BCUT2D eigenvalue weighted by Crippen LogP contribution is 2.45. The lowest BCUT2D eigenvalue weighted by atomic mass is 9.82. The predicted molar refractivity (Wildman–Crippen MR) is 107 cm³/mol. The lowest BCUT2D eigenvalue weighted by molar-refractivity contribution is 0.379. The second-order valence-corrected chi connectivity index (χ2v) is 6.71. The van der Waals surface area contributed by atoms with Crippen LogP contribution in [0.15, 0.2) is 84.3 Å². The summed E-state index contributed by atoms with van der Waals surface area (Å²) in [5, 5.41) is 19.5. The van der Waals surface area contributed by atoms with E-state index in [-0.39, 0.29) is 11.8 Å². The van der Waals surface area contributed by atoms with Gasteiger partial charge in [0.15, 0.2) is 0 Å². The van der Waals surface area contributed by atoms with Crippen LogP contribution in [0.25, 0.3) is 22.0 Å². The normalized spacial score (nSPS) is 15.8. The number of aromatic amines is 1. The fourth-order valence-corrected chi connectivity index (χ4v) is 3.79. The van der Waals surface area contributed by atoms with Gasteiger partial charge < -0.3 is 10.5 Å². The number of nitrogens with one attached hydrogen (secondary N) is 1. The molecule has 2 heterocycles. The smallest absolute Gasteiger partial charge is 0.244 e. The van der Waals surface area contributed by atoms with E-state index in [1.165, 1.54) is 0 Å². The van der Waals surface area contributed by atoms with E-state index in [9.17, 15) is 5.26 Å². The first-order chi connectivity index (χ1) is 13.8. The van der Waals surface area contributed by atoms with Gasteiger partial charge in [0, 0.05) is 0 Å². The van der Waals surface area contributed by atoms with Crippen molar-refractivity contribution in [1.29, 1.82) is 5.26 Å².